The number of ether oxygens (including phenoxy) is 1. The summed E-state index contributed by atoms with van der Waals surface area (Å²) in [5.41, 5.74) is -0.707. The molecule has 1 saturated carbocycles. The van der Waals surface area contributed by atoms with Crippen molar-refractivity contribution in [2.75, 3.05) is 19.8 Å². The Labute approximate surface area is 129 Å². The number of carbonyl (C=O) groups is 1. The van der Waals surface area contributed by atoms with Crippen molar-refractivity contribution in [1.82, 2.24) is 5.32 Å². The molecule has 0 radical (unpaired) electrons. The molecule has 0 heterocycles. The fourth-order valence-corrected chi connectivity index (χ4v) is 3.37. The van der Waals surface area contributed by atoms with Gasteiger partial charge in [0.15, 0.2) is 0 Å². The zero-order valence-corrected chi connectivity index (χ0v) is 13.8. The van der Waals surface area contributed by atoms with Crippen LogP contribution in [-0.2, 0) is 9.53 Å². The Balaban J connectivity index is 2.32. The summed E-state index contributed by atoms with van der Waals surface area (Å²) in [7, 11) is 0. The van der Waals surface area contributed by atoms with Crippen LogP contribution in [0, 0.1) is 5.92 Å². The fourth-order valence-electron chi connectivity index (χ4n) is 3.37. The SMILES string of the molecule is CCCCCCOCCC1CCCC1(NCCC)C(=O)O. The van der Waals surface area contributed by atoms with Crippen LogP contribution < -0.4 is 5.32 Å². The third-order valence-corrected chi connectivity index (χ3v) is 4.65. The van der Waals surface area contributed by atoms with E-state index in [1.807, 2.05) is 0 Å². The Morgan fingerprint density at radius 2 is 2.05 bits per heavy atom. The Morgan fingerprint density at radius 3 is 2.71 bits per heavy atom. The molecular weight excluding hydrogens is 266 g/mol. The molecular formula is C17H33NO3. The Morgan fingerprint density at radius 1 is 1.24 bits per heavy atom. The topological polar surface area (TPSA) is 58.6 Å². The van der Waals surface area contributed by atoms with Crippen molar-refractivity contribution in [2.24, 2.45) is 5.92 Å². The smallest absolute Gasteiger partial charge is 0.324 e. The molecule has 124 valence electrons. The van der Waals surface area contributed by atoms with Crippen LogP contribution in [0.25, 0.3) is 0 Å². The van der Waals surface area contributed by atoms with Crippen LogP contribution in [0.2, 0.25) is 0 Å². The molecule has 1 rings (SSSR count). The van der Waals surface area contributed by atoms with Gasteiger partial charge in [-0.3, -0.25) is 4.79 Å². The van der Waals surface area contributed by atoms with E-state index in [1.165, 1.54) is 19.3 Å². The predicted molar refractivity (Wildman–Crippen MR) is 85.6 cm³/mol. The third kappa shape index (κ3) is 5.59. The first-order valence-electron chi connectivity index (χ1n) is 8.73. The normalized spacial score (nSPS) is 25.3. The first-order chi connectivity index (χ1) is 10.2. The van der Waals surface area contributed by atoms with Gasteiger partial charge in [0.25, 0.3) is 0 Å². The van der Waals surface area contributed by atoms with Crippen molar-refractivity contribution in [3.05, 3.63) is 0 Å². The minimum absolute atomic E-state index is 0.206. The van der Waals surface area contributed by atoms with Gasteiger partial charge < -0.3 is 15.2 Å². The molecule has 1 fully saturated rings. The summed E-state index contributed by atoms with van der Waals surface area (Å²) in [4.78, 5) is 11.7. The van der Waals surface area contributed by atoms with Crippen LogP contribution >= 0.6 is 0 Å². The number of hydrogen-bond acceptors (Lipinski definition) is 3. The average molecular weight is 299 g/mol. The van der Waals surface area contributed by atoms with E-state index < -0.39 is 11.5 Å². The first-order valence-corrected chi connectivity index (χ1v) is 8.73. The molecule has 1 aliphatic rings. The van der Waals surface area contributed by atoms with Gasteiger partial charge in [0.05, 0.1) is 0 Å². The highest BCUT2D eigenvalue weighted by Crippen LogP contribution is 2.38. The van der Waals surface area contributed by atoms with Gasteiger partial charge in [0, 0.05) is 13.2 Å². The highest BCUT2D eigenvalue weighted by atomic mass is 16.5. The van der Waals surface area contributed by atoms with E-state index >= 15 is 0 Å². The second kappa shape index (κ2) is 10.2. The van der Waals surface area contributed by atoms with Crippen molar-refractivity contribution in [3.63, 3.8) is 0 Å². The number of nitrogens with one attached hydrogen (secondary N) is 1. The lowest BCUT2D eigenvalue weighted by molar-refractivity contribution is -0.147. The van der Waals surface area contributed by atoms with Gasteiger partial charge in [-0.2, -0.15) is 0 Å². The van der Waals surface area contributed by atoms with Crippen LogP contribution in [0.1, 0.15) is 71.6 Å². The van der Waals surface area contributed by atoms with Crippen molar-refractivity contribution in [3.8, 4) is 0 Å². The maximum absolute atomic E-state index is 11.7. The quantitative estimate of drug-likeness (QED) is 0.541. The molecule has 0 amide bonds. The Hall–Kier alpha value is -0.610. The van der Waals surface area contributed by atoms with Gasteiger partial charge in [-0.1, -0.05) is 39.5 Å². The number of unbranched alkanes of at least 4 members (excludes halogenated alkanes) is 3. The molecule has 2 unspecified atom stereocenters. The predicted octanol–water partition coefficient (Wildman–Crippen LogP) is 3.60. The average Bonchev–Trinajstić information content (AvgIpc) is 2.88. The van der Waals surface area contributed by atoms with Crippen LogP contribution in [0.15, 0.2) is 0 Å². The van der Waals surface area contributed by atoms with Gasteiger partial charge in [-0.05, 0) is 44.6 Å². The summed E-state index contributed by atoms with van der Waals surface area (Å²) in [6.45, 7) is 6.57. The highest BCUT2D eigenvalue weighted by molar-refractivity contribution is 5.79. The number of rotatable bonds is 12. The molecule has 2 N–H and O–H groups in total. The summed E-state index contributed by atoms with van der Waals surface area (Å²) in [5, 5.41) is 13.0. The number of carboxylic acids is 1. The lowest BCUT2D eigenvalue weighted by Crippen LogP contribution is -2.55. The largest absolute Gasteiger partial charge is 0.480 e. The summed E-state index contributed by atoms with van der Waals surface area (Å²) >= 11 is 0. The van der Waals surface area contributed by atoms with Gasteiger partial charge in [0.2, 0.25) is 0 Å². The maximum Gasteiger partial charge on any atom is 0.324 e. The summed E-state index contributed by atoms with van der Waals surface area (Å²) in [6, 6.07) is 0. The molecule has 0 aromatic heterocycles. The Kier molecular flexibility index (Phi) is 8.93. The second-order valence-corrected chi connectivity index (χ2v) is 6.25. The van der Waals surface area contributed by atoms with E-state index in [-0.39, 0.29) is 5.92 Å². The number of carboxylic acid groups (broad SMARTS) is 1. The van der Waals surface area contributed by atoms with Gasteiger partial charge in [-0.25, -0.2) is 0 Å². The standard InChI is InChI=1S/C17H33NO3/c1-3-5-6-7-13-21-14-10-15-9-8-11-17(15,16(19)20)18-12-4-2/h15,18H,3-14H2,1-2H3,(H,19,20). The monoisotopic (exact) mass is 299 g/mol. The zero-order valence-electron chi connectivity index (χ0n) is 13.8. The molecule has 0 aromatic carbocycles. The highest BCUT2D eigenvalue weighted by Gasteiger charge is 2.48. The van der Waals surface area contributed by atoms with Gasteiger partial charge >= 0.3 is 5.97 Å². The van der Waals surface area contributed by atoms with E-state index in [2.05, 4.69) is 19.2 Å². The molecule has 4 heteroatoms. The lowest BCUT2D eigenvalue weighted by atomic mass is 9.84. The molecule has 0 bridgehead atoms. The van der Waals surface area contributed by atoms with E-state index in [4.69, 9.17) is 4.74 Å². The minimum atomic E-state index is -0.707. The van der Waals surface area contributed by atoms with Crippen LogP contribution in [0.3, 0.4) is 0 Å². The van der Waals surface area contributed by atoms with Crippen molar-refractivity contribution in [2.45, 2.75) is 77.2 Å². The van der Waals surface area contributed by atoms with E-state index in [0.29, 0.717) is 6.61 Å². The molecule has 0 saturated heterocycles. The van der Waals surface area contributed by atoms with Crippen molar-refractivity contribution in [1.29, 1.82) is 0 Å². The fraction of sp³-hybridized carbons (Fsp3) is 0.941. The van der Waals surface area contributed by atoms with Crippen molar-refractivity contribution >= 4 is 5.97 Å². The zero-order chi connectivity index (χ0) is 15.6. The molecule has 0 spiro atoms. The number of hydrogen-bond donors (Lipinski definition) is 2. The minimum Gasteiger partial charge on any atom is -0.480 e. The van der Waals surface area contributed by atoms with Crippen LogP contribution in [0.4, 0.5) is 0 Å². The lowest BCUT2D eigenvalue weighted by Gasteiger charge is -2.32. The van der Waals surface area contributed by atoms with Gasteiger partial charge in [-0.15, -0.1) is 0 Å². The molecule has 4 nitrogen and oxygen atoms in total. The van der Waals surface area contributed by atoms with Gasteiger partial charge in [0.1, 0.15) is 5.54 Å². The Bertz CT molecular complexity index is 296. The molecule has 0 aliphatic heterocycles. The molecule has 0 aromatic rings. The molecule has 2 atom stereocenters. The van der Waals surface area contributed by atoms with Crippen LogP contribution in [0.5, 0.6) is 0 Å². The molecule has 21 heavy (non-hydrogen) atoms. The van der Waals surface area contributed by atoms with E-state index in [0.717, 1.165) is 51.7 Å². The third-order valence-electron chi connectivity index (χ3n) is 4.65. The second-order valence-electron chi connectivity index (χ2n) is 6.25. The van der Waals surface area contributed by atoms with E-state index in [9.17, 15) is 9.90 Å². The maximum atomic E-state index is 11.7. The van der Waals surface area contributed by atoms with Crippen molar-refractivity contribution < 1.29 is 14.6 Å². The van der Waals surface area contributed by atoms with Crippen LogP contribution in [-0.4, -0.2) is 36.4 Å². The summed E-state index contributed by atoms with van der Waals surface area (Å²) in [5.74, 6) is -0.474. The summed E-state index contributed by atoms with van der Waals surface area (Å²) in [6.07, 6.45) is 9.46. The summed E-state index contributed by atoms with van der Waals surface area (Å²) < 4.78 is 5.70. The first kappa shape index (κ1) is 18.4. The number of aliphatic carboxylic acids is 1. The van der Waals surface area contributed by atoms with E-state index in [1.54, 1.807) is 0 Å². The molecule has 1 aliphatic carbocycles.